The number of rotatable bonds is 6. The molecular formula is C20H23N5O3. The van der Waals surface area contributed by atoms with Gasteiger partial charge >= 0.3 is 0 Å². The lowest BCUT2D eigenvalue weighted by atomic mass is 10.2. The molecule has 1 saturated heterocycles. The number of carbonyl (C=O) groups is 1. The molecule has 2 aromatic heterocycles. The van der Waals surface area contributed by atoms with Crippen LogP contribution in [-0.4, -0.2) is 56.4 Å². The fourth-order valence-electron chi connectivity index (χ4n) is 3.72. The third-order valence-electron chi connectivity index (χ3n) is 5.17. The topological polar surface area (TPSA) is 82.2 Å². The molecule has 8 nitrogen and oxygen atoms in total. The molecule has 1 atom stereocenters. The van der Waals surface area contributed by atoms with E-state index in [1.165, 1.54) is 16.8 Å². The summed E-state index contributed by atoms with van der Waals surface area (Å²) in [5.41, 5.74) is 2.06. The Morgan fingerprint density at radius 2 is 2.11 bits per heavy atom. The predicted molar refractivity (Wildman–Crippen MR) is 104 cm³/mol. The molecule has 8 heteroatoms. The molecule has 1 aliphatic rings. The van der Waals surface area contributed by atoms with Gasteiger partial charge in [0.25, 0.3) is 11.5 Å². The van der Waals surface area contributed by atoms with Gasteiger partial charge < -0.3 is 14.2 Å². The van der Waals surface area contributed by atoms with Crippen LogP contribution < -0.4 is 5.56 Å². The number of para-hydroxylation sites is 2. The van der Waals surface area contributed by atoms with E-state index in [1.54, 1.807) is 7.11 Å². The summed E-state index contributed by atoms with van der Waals surface area (Å²) in [4.78, 5) is 31.3. The molecule has 3 heterocycles. The van der Waals surface area contributed by atoms with Gasteiger partial charge in [0.2, 0.25) is 0 Å². The second-order valence-electron chi connectivity index (χ2n) is 6.95. The van der Waals surface area contributed by atoms with Crippen LogP contribution in [0.5, 0.6) is 0 Å². The van der Waals surface area contributed by atoms with Crippen molar-refractivity contribution in [1.29, 1.82) is 0 Å². The molecule has 1 unspecified atom stereocenters. The van der Waals surface area contributed by atoms with Crippen molar-refractivity contribution in [2.45, 2.75) is 32.0 Å². The summed E-state index contributed by atoms with van der Waals surface area (Å²) in [5, 5.41) is 4.25. The maximum atomic E-state index is 13.1. The monoisotopic (exact) mass is 381 g/mol. The van der Waals surface area contributed by atoms with Gasteiger partial charge in [0, 0.05) is 26.3 Å². The van der Waals surface area contributed by atoms with E-state index in [0.29, 0.717) is 26.2 Å². The molecule has 0 N–H and O–H groups in total. The standard InChI is InChI=1S/C20H23N5O3/c1-28-12-11-25-19(26)9-8-17(22-25)20(27)24-10-4-5-15(24)13-23-14-21-16-6-2-3-7-18(16)23/h2-3,6-9,14-15H,4-5,10-13H2,1H3. The smallest absolute Gasteiger partial charge is 0.274 e. The molecule has 3 aromatic rings. The van der Waals surface area contributed by atoms with Gasteiger partial charge in [-0.05, 0) is 31.0 Å². The summed E-state index contributed by atoms with van der Waals surface area (Å²) in [5.74, 6) is -0.141. The van der Waals surface area contributed by atoms with Crippen LogP contribution in [-0.2, 0) is 17.8 Å². The average Bonchev–Trinajstić information content (AvgIpc) is 3.34. The Hall–Kier alpha value is -3.00. The first kappa shape index (κ1) is 18.4. The summed E-state index contributed by atoms with van der Waals surface area (Å²) in [6, 6.07) is 11.0. The highest BCUT2D eigenvalue weighted by Crippen LogP contribution is 2.22. The van der Waals surface area contributed by atoms with Crippen LogP contribution in [0.2, 0.25) is 0 Å². The highest BCUT2D eigenvalue weighted by Gasteiger charge is 2.31. The van der Waals surface area contributed by atoms with Crippen LogP contribution in [0.25, 0.3) is 11.0 Å². The molecule has 0 aliphatic carbocycles. The second kappa shape index (κ2) is 7.93. The van der Waals surface area contributed by atoms with E-state index in [1.807, 2.05) is 35.5 Å². The largest absolute Gasteiger partial charge is 0.383 e. The minimum Gasteiger partial charge on any atom is -0.383 e. The number of amides is 1. The van der Waals surface area contributed by atoms with E-state index >= 15 is 0 Å². The number of fused-ring (bicyclic) bond motifs is 1. The predicted octanol–water partition coefficient (Wildman–Crippen LogP) is 1.54. The zero-order chi connectivity index (χ0) is 19.5. The summed E-state index contributed by atoms with van der Waals surface area (Å²) in [7, 11) is 1.56. The average molecular weight is 381 g/mol. The first-order valence-electron chi connectivity index (χ1n) is 9.45. The lowest BCUT2D eigenvalue weighted by molar-refractivity contribution is 0.0715. The number of imidazole rings is 1. The van der Waals surface area contributed by atoms with Crippen molar-refractivity contribution in [2.75, 3.05) is 20.3 Å². The minimum absolute atomic E-state index is 0.0752. The summed E-state index contributed by atoms with van der Waals surface area (Å²) in [6.45, 7) is 2.07. The maximum absolute atomic E-state index is 13.1. The minimum atomic E-state index is -0.239. The summed E-state index contributed by atoms with van der Waals surface area (Å²) < 4.78 is 8.39. The molecule has 0 spiro atoms. The lowest BCUT2D eigenvalue weighted by Crippen LogP contribution is -2.39. The number of nitrogens with zero attached hydrogens (tertiary/aromatic N) is 5. The van der Waals surface area contributed by atoms with Crippen molar-refractivity contribution in [1.82, 2.24) is 24.2 Å². The second-order valence-corrected chi connectivity index (χ2v) is 6.95. The number of benzene rings is 1. The van der Waals surface area contributed by atoms with Crippen LogP contribution in [0.1, 0.15) is 23.3 Å². The number of likely N-dealkylation sites (tertiary alicyclic amines) is 1. The van der Waals surface area contributed by atoms with Crippen LogP contribution in [0.15, 0.2) is 47.5 Å². The van der Waals surface area contributed by atoms with Crippen molar-refractivity contribution >= 4 is 16.9 Å². The Balaban J connectivity index is 1.54. The molecule has 28 heavy (non-hydrogen) atoms. The van der Waals surface area contributed by atoms with Crippen LogP contribution in [0.3, 0.4) is 0 Å². The molecule has 0 saturated carbocycles. The zero-order valence-electron chi connectivity index (χ0n) is 15.8. The van der Waals surface area contributed by atoms with Crippen molar-refractivity contribution in [3.8, 4) is 0 Å². The Labute approximate surface area is 162 Å². The van der Waals surface area contributed by atoms with Gasteiger partial charge in [0.15, 0.2) is 0 Å². The number of hydrogen-bond acceptors (Lipinski definition) is 5. The van der Waals surface area contributed by atoms with Crippen LogP contribution in [0, 0.1) is 0 Å². The van der Waals surface area contributed by atoms with Gasteiger partial charge in [0.05, 0.1) is 36.6 Å². The SMILES string of the molecule is COCCn1nc(C(=O)N2CCCC2Cn2cnc3ccccc32)ccc1=O. The number of carbonyl (C=O) groups excluding carboxylic acids is 1. The number of methoxy groups -OCH3 is 1. The van der Waals surface area contributed by atoms with Crippen LogP contribution in [0.4, 0.5) is 0 Å². The Morgan fingerprint density at radius 1 is 1.25 bits per heavy atom. The van der Waals surface area contributed by atoms with Gasteiger partial charge in [-0.25, -0.2) is 9.67 Å². The normalized spacial score (nSPS) is 16.8. The van der Waals surface area contributed by atoms with E-state index in [2.05, 4.69) is 14.6 Å². The molecular weight excluding hydrogens is 358 g/mol. The number of hydrogen-bond donors (Lipinski definition) is 0. The molecule has 4 rings (SSSR count). The van der Waals surface area contributed by atoms with Crippen molar-refractivity contribution in [3.05, 3.63) is 58.8 Å². The molecule has 0 bridgehead atoms. The van der Waals surface area contributed by atoms with Gasteiger partial charge in [-0.3, -0.25) is 9.59 Å². The van der Waals surface area contributed by atoms with E-state index < -0.39 is 0 Å². The molecule has 1 aliphatic heterocycles. The molecule has 0 radical (unpaired) electrons. The fraction of sp³-hybridized carbons (Fsp3) is 0.400. The molecule has 1 amide bonds. The first-order valence-corrected chi connectivity index (χ1v) is 9.45. The fourth-order valence-corrected chi connectivity index (χ4v) is 3.72. The van der Waals surface area contributed by atoms with Gasteiger partial charge in [-0.1, -0.05) is 12.1 Å². The van der Waals surface area contributed by atoms with Crippen LogP contribution >= 0.6 is 0 Å². The maximum Gasteiger partial charge on any atom is 0.274 e. The highest BCUT2D eigenvalue weighted by atomic mass is 16.5. The van der Waals surface area contributed by atoms with Gasteiger partial charge in [-0.2, -0.15) is 5.10 Å². The Bertz CT molecular complexity index is 1040. The zero-order valence-corrected chi connectivity index (χ0v) is 15.8. The number of aromatic nitrogens is 4. The summed E-state index contributed by atoms with van der Waals surface area (Å²) in [6.07, 6.45) is 3.71. The highest BCUT2D eigenvalue weighted by molar-refractivity contribution is 5.92. The van der Waals surface area contributed by atoms with Gasteiger partial charge in [-0.15, -0.1) is 0 Å². The van der Waals surface area contributed by atoms with E-state index in [9.17, 15) is 9.59 Å². The van der Waals surface area contributed by atoms with E-state index in [4.69, 9.17) is 4.74 Å². The van der Waals surface area contributed by atoms with Crippen molar-refractivity contribution in [3.63, 3.8) is 0 Å². The number of ether oxygens (including phenoxy) is 1. The van der Waals surface area contributed by atoms with Crippen molar-refractivity contribution in [2.24, 2.45) is 0 Å². The third kappa shape index (κ3) is 3.55. The molecule has 1 aromatic carbocycles. The third-order valence-corrected chi connectivity index (χ3v) is 5.17. The van der Waals surface area contributed by atoms with Crippen molar-refractivity contribution < 1.29 is 9.53 Å². The quantitative estimate of drug-likeness (QED) is 0.647. The summed E-state index contributed by atoms with van der Waals surface area (Å²) >= 11 is 0. The molecule has 146 valence electrons. The first-order chi connectivity index (χ1) is 13.7. The van der Waals surface area contributed by atoms with E-state index in [0.717, 1.165) is 23.9 Å². The van der Waals surface area contributed by atoms with E-state index in [-0.39, 0.29) is 23.2 Å². The Morgan fingerprint density at radius 3 is 2.96 bits per heavy atom. The molecule has 1 fully saturated rings. The Kier molecular flexibility index (Phi) is 5.21. The lowest BCUT2D eigenvalue weighted by Gasteiger charge is -2.25. The van der Waals surface area contributed by atoms with Gasteiger partial charge in [0.1, 0.15) is 5.69 Å².